The normalized spacial score (nSPS) is 18.8. The summed E-state index contributed by atoms with van der Waals surface area (Å²) in [5, 5.41) is 5.37. The summed E-state index contributed by atoms with van der Waals surface area (Å²) in [5.74, 6) is -0.694. The Balaban J connectivity index is 1.59. The standard InChI is InChI=1S/C22H25N5O4/c1-12-7-9-27(10-8-12)22-25-19-18(21(31)26-22)16(11-17(29)24-19)20(30)23-15-5-3-14(4-6-15)13(2)28/h3-6,12,16H,7-11H2,1-2H3,(H,23,30)(H2,24,25,26,29,31). The van der Waals surface area contributed by atoms with E-state index in [2.05, 4.69) is 27.5 Å². The van der Waals surface area contributed by atoms with E-state index in [-0.39, 0.29) is 29.5 Å². The highest BCUT2D eigenvalue weighted by Gasteiger charge is 2.35. The smallest absolute Gasteiger partial charge is 0.258 e. The van der Waals surface area contributed by atoms with Gasteiger partial charge in [0.2, 0.25) is 17.8 Å². The van der Waals surface area contributed by atoms with Crippen LogP contribution in [0.25, 0.3) is 0 Å². The number of fused-ring (bicyclic) bond motifs is 1. The Kier molecular flexibility index (Phi) is 5.58. The summed E-state index contributed by atoms with van der Waals surface area (Å²) in [7, 11) is 0. The van der Waals surface area contributed by atoms with Gasteiger partial charge in [-0.25, -0.2) is 0 Å². The highest BCUT2D eigenvalue weighted by atomic mass is 16.2. The third-order valence-electron chi connectivity index (χ3n) is 5.90. The number of carbonyl (C=O) groups excluding carboxylic acids is 3. The number of rotatable bonds is 4. The van der Waals surface area contributed by atoms with E-state index in [1.54, 1.807) is 24.3 Å². The molecule has 0 bridgehead atoms. The fourth-order valence-electron chi connectivity index (χ4n) is 3.97. The molecule has 4 rings (SSSR count). The zero-order chi connectivity index (χ0) is 22.1. The Labute approximate surface area is 179 Å². The highest BCUT2D eigenvalue weighted by Crippen LogP contribution is 2.31. The van der Waals surface area contributed by atoms with E-state index >= 15 is 0 Å². The van der Waals surface area contributed by atoms with Crippen LogP contribution in [0.3, 0.4) is 0 Å². The van der Waals surface area contributed by atoms with Crippen LogP contribution in [-0.4, -0.2) is 40.7 Å². The Morgan fingerprint density at radius 1 is 1.13 bits per heavy atom. The minimum absolute atomic E-state index is 0.0765. The summed E-state index contributed by atoms with van der Waals surface area (Å²) in [6, 6.07) is 6.45. The van der Waals surface area contributed by atoms with Crippen molar-refractivity contribution in [1.82, 2.24) is 9.97 Å². The second-order valence-electron chi connectivity index (χ2n) is 8.25. The molecule has 0 radical (unpaired) electrons. The van der Waals surface area contributed by atoms with Crippen LogP contribution in [0.15, 0.2) is 29.1 Å². The van der Waals surface area contributed by atoms with Crippen LogP contribution in [-0.2, 0) is 9.59 Å². The van der Waals surface area contributed by atoms with Crippen LogP contribution in [0.5, 0.6) is 0 Å². The monoisotopic (exact) mass is 423 g/mol. The number of amides is 2. The summed E-state index contributed by atoms with van der Waals surface area (Å²) in [6.45, 7) is 5.20. The van der Waals surface area contributed by atoms with Gasteiger partial charge in [0.25, 0.3) is 5.56 Å². The maximum absolute atomic E-state index is 12.9. The molecule has 162 valence electrons. The third-order valence-corrected chi connectivity index (χ3v) is 5.90. The lowest BCUT2D eigenvalue weighted by molar-refractivity contribution is -0.123. The molecule has 3 N–H and O–H groups in total. The molecule has 2 aliphatic heterocycles. The molecule has 2 aromatic rings. The number of aromatic amines is 1. The molecule has 1 aromatic carbocycles. The topological polar surface area (TPSA) is 124 Å². The zero-order valence-electron chi connectivity index (χ0n) is 17.5. The van der Waals surface area contributed by atoms with Crippen molar-refractivity contribution in [2.75, 3.05) is 28.6 Å². The first kappa shape index (κ1) is 20.8. The molecule has 2 aliphatic rings. The average Bonchev–Trinajstić information content (AvgIpc) is 2.73. The van der Waals surface area contributed by atoms with Crippen molar-refractivity contribution in [1.29, 1.82) is 0 Å². The summed E-state index contributed by atoms with van der Waals surface area (Å²) in [4.78, 5) is 58.7. The lowest BCUT2D eigenvalue weighted by atomic mass is 9.92. The Bertz CT molecular complexity index is 1080. The number of H-pyrrole nitrogens is 1. The SMILES string of the molecule is CC(=O)c1ccc(NC(=O)C2CC(=O)Nc3nc(N4CCC(C)CC4)[nH]c(=O)c32)cc1. The molecule has 9 heteroatoms. The Morgan fingerprint density at radius 2 is 1.81 bits per heavy atom. The van der Waals surface area contributed by atoms with Gasteiger partial charge in [-0.05, 0) is 49.9 Å². The number of ketones is 1. The molecule has 9 nitrogen and oxygen atoms in total. The second kappa shape index (κ2) is 8.33. The number of piperidine rings is 1. The van der Waals surface area contributed by atoms with Gasteiger partial charge in [0.05, 0.1) is 11.5 Å². The summed E-state index contributed by atoms with van der Waals surface area (Å²) >= 11 is 0. The first-order valence-corrected chi connectivity index (χ1v) is 10.4. The van der Waals surface area contributed by atoms with Crippen molar-refractivity contribution in [3.8, 4) is 0 Å². The fraction of sp³-hybridized carbons (Fsp3) is 0.409. The molecule has 0 saturated carbocycles. The summed E-state index contributed by atoms with van der Waals surface area (Å²) in [5.41, 5.74) is 0.740. The van der Waals surface area contributed by atoms with E-state index in [1.165, 1.54) is 6.92 Å². The lowest BCUT2D eigenvalue weighted by Crippen LogP contribution is -2.39. The Morgan fingerprint density at radius 3 is 2.45 bits per heavy atom. The molecule has 0 aliphatic carbocycles. The van der Waals surface area contributed by atoms with Crippen molar-refractivity contribution >= 4 is 35.1 Å². The third kappa shape index (κ3) is 4.35. The van der Waals surface area contributed by atoms with Crippen LogP contribution >= 0.6 is 0 Å². The summed E-state index contributed by atoms with van der Waals surface area (Å²) < 4.78 is 0. The van der Waals surface area contributed by atoms with Crippen molar-refractivity contribution < 1.29 is 14.4 Å². The molecule has 2 amide bonds. The van der Waals surface area contributed by atoms with Gasteiger partial charge in [0.1, 0.15) is 5.82 Å². The van der Waals surface area contributed by atoms with E-state index in [4.69, 9.17) is 0 Å². The van der Waals surface area contributed by atoms with E-state index in [1.807, 2.05) is 4.90 Å². The van der Waals surface area contributed by atoms with Crippen LogP contribution in [0.2, 0.25) is 0 Å². The van der Waals surface area contributed by atoms with Crippen molar-refractivity contribution in [2.24, 2.45) is 5.92 Å². The number of Topliss-reactive ketones (excluding diaryl/α,β-unsaturated/α-hetero) is 1. The van der Waals surface area contributed by atoms with Crippen molar-refractivity contribution in [2.45, 2.75) is 39.0 Å². The first-order chi connectivity index (χ1) is 14.8. The zero-order valence-corrected chi connectivity index (χ0v) is 17.5. The lowest BCUT2D eigenvalue weighted by Gasteiger charge is -2.31. The van der Waals surface area contributed by atoms with E-state index in [9.17, 15) is 19.2 Å². The highest BCUT2D eigenvalue weighted by molar-refractivity contribution is 6.04. The fourth-order valence-corrected chi connectivity index (χ4v) is 3.97. The molecule has 3 heterocycles. The minimum Gasteiger partial charge on any atom is -0.342 e. The number of carbonyl (C=O) groups is 3. The molecule has 1 atom stereocenters. The number of hydrogen-bond donors (Lipinski definition) is 3. The van der Waals surface area contributed by atoms with Crippen LogP contribution in [0.4, 0.5) is 17.5 Å². The molecular weight excluding hydrogens is 398 g/mol. The van der Waals surface area contributed by atoms with Gasteiger partial charge in [-0.1, -0.05) is 6.92 Å². The predicted octanol–water partition coefficient (Wildman–Crippen LogP) is 2.27. The van der Waals surface area contributed by atoms with E-state index in [0.717, 1.165) is 25.9 Å². The molecule has 31 heavy (non-hydrogen) atoms. The number of anilines is 3. The maximum atomic E-state index is 12.9. The van der Waals surface area contributed by atoms with Gasteiger partial charge in [0, 0.05) is 30.8 Å². The second-order valence-corrected chi connectivity index (χ2v) is 8.25. The van der Waals surface area contributed by atoms with Crippen LogP contribution in [0, 0.1) is 5.92 Å². The van der Waals surface area contributed by atoms with Crippen LogP contribution < -0.4 is 21.1 Å². The number of nitrogens with zero attached hydrogens (tertiary/aromatic N) is 2. The van der Waals surface area contributed by atoms with Crippen LogP contribution in [0.1, 0.15) is 54.9 Å². The number of aromatic nitrogens is 2. The maximum Gasteiger partial charge on any atom is 0.258 e. The minimum atomic E-state index is -0.956. The molecular formula is C22H25N5O4. The number of hydrogen-bond acceptors (Lipinski definition) is 6. The molecule has 1 fully saturated rings. The van der Waals surface area contributed by atoms with Gasteiger partial charge in [0.15, 0.2) is 5.78 Å². The van der Waals surface area contributed by atoms with E-state index < -0.39 is 17.4 Å². The van der Waals surface area contributed by atoms with Gasteiger partial charge in [-0.15, -0.1) is 0 Å². The van der Waals surface area contributed by atoms with E-state index in [0.29, 0.717) is 23.1 Å². The van der Waals surface area contributed by atoms with Gasteiger partial charge in [-0.3, -0.25) is 24.2 Å². The largest absolute Gasteiger partial charge is 0.342 e. The Hall–Kier alpha value is -3.49. The molecule has 1 unspecified atom stereocenters. The summed E-state index contributed by atoms with van der Waals surface area (Å²) in [6.07, 6.45) is 1.86. The van der Waals surface area contributed by atoms with Crippen molar-refractivity contribution in [3.05, 3.63) is 45.7 Å². The van der Waals surface area contributed by atoms with Gasteiger partial charge >= 0.3 is 0 Å². The molecule has 1 aromatic heterocycles. The molecule has 1 saturated heterocycles. The van der Waals surface area contributed by atoms with Crippen molar-refractivity contribution in [3.63, 3.8) is 0 Å². The number of nitrogens with one attached hydrogen (secondary N) is 3. The quantitative estimate of drug-likeness (QED) is 0.648. The average molecular weight is 423 g/mol. The number of benzene rings is 1. The van der Waals surface area contributed by atoms with Gasteiger partial charge < -0.3 is 15.5 Å². The predicted molar refractivity (Wildman–Crippen MR) is 117 cm³/mol. The first-order valence-electron chi connectivity index (χ1n) is 10.4. The van der Waals surface area contributed by atoms with Gasteiger partial charge in [-0.2, -0.15) is 4.98 Å². The molecule has 0 spiro atoms.